The van der Waals surface area contributed by atoms with Crippen LogP contribution in [0.2, 0.25) is 0 Å². The molecule has 0 aromatic heterocycles. The van der Waals surface area contributed by atoms with Crippen molar-refractivity contribution in [2.45, 2.75) is 25.8 Å². The lowest BCUT2D eigenvalue weighted by molar-refractivity contribution is -0.131. The second kappa shape index (κ2) is 8.56. The zero-order valence-corrected chi connectivity index (χ0v) is 15.7. The van der Waals surface area contributed by atoms with Gasteiger partial charge in [-0.25, -0.2) is 0 Å². The molecule has 3 rings (SSSR count). The van der Waals surface area contributed by atoms with Gasteiger partial charge in [0.15, 0.2) is 0 Å². The van der Waals surface area contributed by atoms with E-state index in [1.807, 2.05) is 0 Å². The number of nitrogen functional groups attached to an aromatic ring is 1. The van der Waals surface area contributed by atoms with Gasteiger partial charge < -0.3 is 20.7 Å². The molecule has 7 heteroatoms. The molecule has 0 bridgehead atoms. The van der Waals surface area contributed by atoms with E-state index in [1.165, 1.54) is 6.92 Å². The summed E-state index contributed by atoms with van der Waals surface area (Å²) in [6.45, 7) is 2.41. The van der Waals surface area contributed by atoms with E-state index in [2.05, 4.69) is 5.32 Å². The van der Waals surface area contributed by atoms with Gasteiger partial charge in [-0.3, -0.25) is 14.4 Å². The summed E-state index contributed by atoms with van der Waals surface area (Å²) in [6, 6.07) is 13.4. The van der Waals surface area contributed by atoms with Crippen molar-refractivity contribution >= 4 is 23.5 Å². The first-order chi connectivity index (χ1) is 13.4. The highest BCUT2D eigenvalue weighted by atomic mass is 16.5. The first-order valence-electron chi connectivity index (χ1n) is 9.16. The Morgan fingerprint density at radius 3 is 2.36 bits per heavy atom. The number of nitrogens with zero attached hydrogens (tertiary/aromatic N) is 1. The Hall–Kier alpha value is -3.35. The van der Waals surface area contributed by atoms with Gasteiger partial charge in [0.05, 0.1) is 0 Å². The first kappa shape index (κ1) is 19.4. The van der Waals surface area contributed by atoms with E-state index in [9.17, 15) is 14.4 Å². The van der Waals surface area contributed by atoms with Gasteiger partial charge in [0.25, 0.3) is 11.8 Å². The van der Waals surface area contributed by atoms with Crippen molar-refractivity contribution in [2.24, 2.45) is 0 Å². The molecule has 2 aromatic carbocycles. The van der Waals surface area contributed by atoms with E-state index in [0.717, 1.165) is 0 Å². The molecule has 0 unspecified atom stereocenters. The predicted molar refractivity (Wildman–Crippen MR) is 105 cm³/mol. The molecule has 1 saturated heterocycles. The number of rotatable bonds is 4. The minimum Gasteiger partial charge on any atom is -0.427 e. The average Bonchev–Trinajstić information content (AvgIpc) is 2.68. The van der Waals surface area contributed by atoms with Gasteiger partial charge in [0.1, 0.15) is 5.75 Å². The Labute approximate surface area is 163 Å². The lowest BCUT2D eigenvalue weighted by atomic mass is 10.0. The molecule has 0 spiro atoms. The van der Waals surface area contributed by atoms with Gasteiger partial charge in [-0.2, -0.15) is 0 Å². The molecule has 0 radical (unpaired) electrons. The van der Waals surface area contributed by atoms with Crippen molar-refractivity contribution < 1.29 is 19.1 Å². The Balaban J connectivity index is 1.54. The van der Waals surface area contributed by atoms with Crippen LogP contribution in [0.3, 0.4) is 0 Å². The molecular weight excluding hydrogens is 358 g/mol. The van der Waals surface area contributed by atoms with Crippen LogP contribution in [0.4, 0.5) is 5.69 Å². The summed E-state index contributed by atoms with van der Waals surface area (Å²) in [6.07, 6.45) is 1.35. The molecule has 146 valence electrons. The standard InChI is InChI=1S/C21H23N3O4/c1-14(25)28-19-4-2-3-16(13-19)21(27)24-11-9-18(10-12-24)23-20(26)15-5-7-17(22)8-6-15/h2-8,13,18H,9-12,22H2,1H3,(H,23,26). The van der Waals surface area contributed by atoms with Crippen molar-refractivity contribution in [3.63, 3.8) is 0 Å². The molecule has 1 aliphatic heterocycles. The number of hydrogen-bond donors (Lipinski definition) is 2. The zero-order valence-electron chi connectivity index (χ0n) is 15.7. The Morgan fingerprint density at radius 2 is 1.71 bits per heavy atom. The number of nitrogens with two attached hydrogens (primary N) is 1. The molecule has 2 amide bonds. The highest BCUT2D eigenvalue weighted by molar-refractivity contribution is 5.95. The third-order valence-corrected chi connectivity index (χ3v) is 4.63. The number of nitrogens with one attached hydrogen (secondary N) is 1. The highest BCUT2D eigenvalue weighted by Crippen LogP contribution is 2.18. The molecule has 0 atom stereocenters. The smallest absolute Gasteiger partial charge is 0.308 e. The van der Waals surface area contributed by atoms with Gasteiger partial charge in [0, 0.05) is 42.9 Å². The fourth-order valence-electron chi connectivity index (χ4n) is 3.17. The van der Waals surface area contributed by atoms with E-state index in [0.29, 0.717) is 48.5 Å². The van der Waals surface area contributed by atoms with E-state index in [-0.39, 0.29) is 17.9 Å². The Kier molecular flexibility index (Phi) is 5.93. The van der Waals surface area contributed by atoms with Crippen molar-refractivity contribution in [3.8, 4) is 5.75 Å². The number of benzene rings is 2. The van der Waals surface area contributed by atoms with Crippen molar-refractivity contribution in [1.82, 2.24) is 10.2 Å². The maximum atomic E-state index is 12.7. The molecule has 0 aliphatic carbocycles. The van der Waals surface area contributed by atoms with E-state index in [4.69, 9.17) is 10.5 Å². The van der Waals surface area contributed by atoms with Gasteiger partial charge in [-0.1, -0.05) is 6.07 Å². The summed E-state index contributed by atoms with van der Waals surface area (Å²) in [5.41, 5.74) is 7.29. The number of piperidine rings is 1. The molecule has 3 N–H and O–H groups in total. The quantitative estimate of drug-likeness (QED) is 0.480. The third-order valence-electron chi connectivity index (χ3n) is 4.63. The topological polar surface area (TPSA) is 102 Å². The number of likely N-dealkylation sites (tertiary alicyclic amines) is 1. The monoisotopic (exact) mass is 381 g/mol. The summed E-state index contributed by atoms with van der Waals surface area (Å²) >= 11 is 0. The largest absolute Gasteiger partial charge is 0.427 e. The minimum atomic E-state index is -0.428. The van der Waals surface area contributed by atoms with Crippen LogP contribution in [-0.2, 0) is 4.79 Å². The van der Waals surface area contributed by atoms with Crippen molar-refractivity contribution in [2.75, 3.05) is 18.8 Å². The van der Waals surface area contributed by atoms with Gasteiger partial charge >= 0.3 is 5.97 Å². The zero-order chi connectivity index (χ0) is 20.1. The van der Waals surface area contributed by atoms with Crippen molar-refractivity contribution in [3.05, 3.63) is 59.7 Å². The summed E-state index contributed by atoms with van der Waals surface area (Å²) in [5, 5.41) is 3.01. The van der Waals surface area contributed by atoms with Crippen LogP contribution in [-0.4, -0.2) is 41.8 Å². The maximum absolute atomic E-state index is 12.7. The number of carbonyl (C=O) groups excluding carboxylic acids is 3. The fraction of sp³-hybridized carbons (Fsp3) is 0.286. The fourth-order valence-corrected chi connectivity index (χ4v) is 3.17. The Bertz CT molecular complexity index is 871. The third kappa shape index (κ3) is 4.88. The molecule has 1 aliphatic rings. The van der Waals surface area contributed by atoms with Crippen LogP contribution in [0.25, 0.3) is 0 Å². The summed E-state index contributed by atoms with van der Waals surface area (Å²) in [5.74, 6) is -0.331. The van der Waals surface area contributed by atoms with Crippen molar-refractivity contribution in [1.29, 1.82) is 0 Å². The SMILES string of the molecule is CC(=O)Oc1cccc(C(=O)N2CCC(NC(=O)c3ccc(N)cc3)CC2)c1. The van der Waals surface area contributed by atoms with Gasteiger partial charge in [0.2, 0.25) is 0 Å². The number of hydrogen-bond acceptors (Lipinski definition) is 5. The lowest BCUT2D eigenvalue weighted by Crippen LogP contribution is -2.46. The summed E-state index contributed by atoms with van der Waals surface area (Å²) < 4.78 is 5.04. The van der Waals surface area contributed by atoms with Crippen LogP contribution in [0.15, 0.2) is 48.5 Å². The number of ether oxygens (including phenoxy) is 1. The second-order valence-electron chi connectivity index (χ2n) is 6.78. The number of anilines is 1. The normalized spacial score (nSPS) is 14.4. The predicted octanol–water partition coefficient (Wildman–Crippen LogP) is 2.23. The van der Waals surface area contributed by atoms with Crippen LogP contribution in [0.1, 0.15) is 40.5 Å². The molecular formula is C21H23N3O4. The van der Waals surface area contributed by atoms with Crippen LogP contribution >= 0.6 is 0 Å². The summed E-state index contributed by atoms with van der Waals surface area (Å²) in [4.78, 5) is 37.8. The van der Waals surface area contributed by atoms with E-state index in [1.54, 1.807) is 53.4 Å². The lowest BCUT2D eigenvalue weighted by Gasteiger charge is -2.32. The maximum Gasteiger partial charge on any atom is 0.308 e. The van der Waals surface area contributed by atoms with E-state index < -0.39 is 5.97 Å². The minimum absolute atomic E-state index is 0.0153. The molecule has 7 nitrogen and oxygen atoms in total. The number of esters is 1. The van der Waals surface area contributed by atoms with Crippen LogP contribution in [0.5, 0.6) is 5.75 Å². The summed E-state index contributed by atoms with van der Waals surface area (Å²) in [7, 11) is 0. The van der Waals surface area contributed by atoms with Gasteiger partial charge in [-0.05, 0) is 55.3 Å². The highest BCUT2D eigenvalue weighted by Gasteiger charge is 2.25. The van der Waals surface area contributed by atoms with E-state index >= 15 is 0 Å². The Morgan fingerprint density at radius 1 is 1.04 bits per heavy atom. The average molecular weight is 381 g/mol. The number of amides is 2. The van der Waals surface area contributed by atoms with Crippen LogP contribution in [0, 0.1) is 0 Å². The molecule has 28 heavy (non-hydrogen) atoms. The molecule has 1 heterocycles. The number of carbonyl (C=O) groups is 3. The first-order valence-corrected chi connectivity index (χ1v) is 9.16. The molecule has 1 fully saturated rings. The molecule has 0 saturated carbocycles. The molecule has 2 aromatic rings. The van der Waals surface area contributed by atoms with Gasteiger partial charge in [-0.15, -0.1) is 0 Å². The van der Waals surface area contributed by atoms with Crippen LogP contribution < -0.4 is 15.8 Å². The second-order valence-corrected chi connectivity index (χ2v) is 6.78.